The molecule has 2 rings (SSSR count). The van der Waals surface area contributed by atoms with Crippen LogP contribution in [0.15, 0.2) is 36.4 Å². The van der Waals surface area contributed by atoms with Gasteiger partial charge in [0.15, 0.2) is 11.5 Å². The summed E-state index contributed by atoms with van der Waals surface area (Å²) < 4.78 is 10.6. The Kier molecular flexibility index (Phi) is 6.05. The van der Waals surface area contributed by atoms with Gasteiger partial charge in [-0.05, 0) is 30.0 Å². The van der Waals surface area contributed by atoms with Crippen LogP contribution in [0.2, 0.25) is 0 Å². The number of hydrogen-bond donors (Lipinski definition) is 1. The fourth-order valence-corrected chi connectivity index (χ4v) is 2.56. The third kappa shape index (κ3) is 4.75. The van der Waals surface area contributed by atoms with Gasteiger partial charge in [0.1, 0.15) is 5.56 Å². The van der Waals surface area contributed by atoms with Gasteiger partial charge in [-0.15, -0.1) is 0 Å². The van der Waals surface area contributed by atoms with Crippen LogP contribution in [-0.2, 0) is 5.41 Å². The number of hydrogen-bond acceptors (Lipinski definition) is 5. The predicted octanol–water partition coefficient (Wildman–Crippen LogP) is 4.55. The summed E-state index contributed by atoms with van der Waals surface area (Å²) in [5.74, 6) is -0.111. The highest BCUT2D eigenvalue weighted by atomic mass is 16.6. The largest absolute Gasteiger partial charge is 0.493 e. The van der Waals surface area contributed by atoms with E-state index in [1.165, 1.54) is 19.2 Å². The van der Waals surface area contributed by atoms with Crippen LogP contribution < -0.4 is 14.8 Å². The molecule has 0 aliphatic heterocycles. The molecule has 27 heavy (non-hydrogen) atoms. The number of nitro benzene ring substituents is 1. The minimum Gasteiger partial charge on any atom is -0.493 e. The van der Waals surface area contributed by atoms with Gasteiger partial charge in [-0.25, -0.2) is 0 Å². The van der Waals surface area contributed by atoms with Crippen LogP contribution in [0.3, 0.4) is 0 Å². The normalized spacial score (nSPS) is 11.0. The number of carbonyl (C=O) groups excluding carboxylic acids is 1. The smallest absolute Gasteiger partial charge is 0.286 e. The number of nitrogens with zero attached hydrogens (tertiary/aromatic N) is 1. The minimum absolute atomic E-state index is 0.0101. The third-order valence-corrected chi connectivity index (χ3v) is 4.03. The Morgan fingerprint density at radius 1 is 1.15 bits per heavy atom. The Balaban J connectivity index is 2.35. The molecule has 7 nitrogen and oxygen atoms in total. The average Bonchev–Trinajstić information content (AvgIpc) is 2.61. The van der Waals surface area contributed by atoms with Gasteiger partial charge in [-0.3, -0.25) is 14.9 Å². The average molecular weight is 372 g/mol. The molecule has 0 aliphatic rings. The van der Waals surface area contributed by atoms with Crippen molar-refractivity contribution in [3.63, 3.8) is 0 Å². The van der Waals surface area contributed by atoms with E-state index >= 15 is 0 Å². The molecular formula is C20H24N2O5. The molecule has 1 N–H and O–H groups in total. The van der Waals surface area contributed by atoms with Crippen LogP contribution in [0.25, 0.3) is 0 Å². The standard InChI is InChI=1S/C20H24N2O5/c1-6-27-18-12-16(22(24)25)15(11-17(18)26-5)19(23)21-14-9-7-13(8-10-14)20(2,3)4/h7-12H,6H2,1-5H3,(H,21,23). The van der Waals surface area contributed by atoms with E-state index in [2.05, 4.69) is 26.1 Å². The number of nitro groups is 1. The maximum atomic E-state index is 12.6. The number of anilines is 1. The van der Waals surface area contributed by atoms with Crippen molar-refractivity contribution >= 4 is 17.3 Å². The Hall–Kier alpha value is -3.09. The van der Waals surface area contributed by atoms with Gasteiger partial charge >= 0.3 is 0 Å². The number of carbonyl (C=O) groups is 1. The van der Waals surface area contributed by atoms with E-state index in [-0.39, 0.29) is 28.2 Å². The first-order valence-corrected chi connectivity index (χ1v) is 8.58. The third-order valence-electron chi connectivity index (χ3n) is 4.03. The highest BCUT2D eigenvalue weighted by Crippen LogP contribution is 2.35. The van der Waals surface area contributed by atoms with Crippen molar-refractivity contribution in [3.8, 4) is 11.5 Å². The van der Waals surface area contributed by atoms with E-state index in [9.17, 15) is 14.9 Å². The van der Waals surface area contributed by atoms with Crippen LogP contribution >= 0.6 is 0 Å². The lowest BCUT2D eigenvalue weighted by atomic mass is 9.87. The molecule has 0 aromatic heterocycles. The number of benzene rings is 2. The van der Waals surface area contributed by atoms with Gasteiger partial charge in [-0.1, -0.05) is 32.9 Å². The quantitative estimate of drug-likeness (QED) is 0.593. The summed E-state index contributed by atoms with van der Waals surface area (Å²) in [5, 5.41) is 14.1. The van der Waals surface area contributed by atoms with Crippen molar-refractivity contribution in [1.29, 1.82) is 0 Å². The topological polar surface area (TPSA) is 90.7 Å². The van der Waals surface area contributed by atoms with Gasteiger partial charge in [0, 0.05) is 11.8 Å². The summed E-state index contributed by atoms with van der Waals surface area (Å²) in [5.41, 5.74) is 1.22. The lowest BCUT2D eigenvalue weighted by molar-refractivity contribution is -0.385. The molecule has 0 bridgehead atoms. The first kappa shape index (κ1) is 20.2. The lowest BCUT2D eigenvalue weighted by Gasteiger charge is -2.19. The lowest BCUT2D eigenvalue weighted by Crippen LogP contribution is -2.15. The van der Waals surface area contributed by atoms with Gasteiger partial charge < -0.3 is 14.8 Å². The zero-order valence-corrected chi connectivity index (χ0v) is 16.2. The van der Waals surface area contributed by atoms with E-state index in [4.69, 9.17) is 9.47 Å². The van der Waals surface area contributed by atoms with E-state index < -0.39 is 10.8 Å². The van der Waals surface area contributed by atoms with Crippen LogP contribution in [0, 0.1) is 10.1 Å². The number of ether oxygens (including phenoxy) is 2. The first-order chi connectivity index (χ1) is 12.7. The molecule has 0 saturated carbocycles. The number of amides is 1. The molecule has 0 aliphatic carbocycles. The van der Waals surface area contributed by atoms with Crippen LogP contribution in [0.5, 0.6) is 11.5 Å². The Labute approximate surface area is 158 Å². The van der Waals surface area contributed by atoms with E-state index in [1.807, 2.05) is 12.1 Å². The second-order valence-electron chi connectivity index (χ2n) is 6.99. The van der Waals surface area contributed by atoms with Crippen molar-refractivity contribution in [3.05, 3.63) is 57.6 Å². The maximum Gasteiger partial charge on any atom is 0.286 e. The van der Waals surface area contributed by atoms with Gasteiger partial charge in [0.05, 0.1) is 24.7 Å². The van der Waals surface area contributed by atoms with Gasteiger partial charge in [-0.2, -0.15) is 0 Å². The summed E-state index contributed by atoms with van der Waals surface area (Å²) in [6.45, 7) is 8.36. The minimum atomic E-state index is -0.612. The Bertz CT molecular complexity index is 839. The van der Waals surface area contributed by atoms with E-state index in [1.54, 1.807) is 19.1 Å². The molecule has 0 spiro atoms. The monoisotopic (exact) mass is 372 g/mol. The Morgan fingerprint density at radius 2 is 1.78 bits per heavy atom. The summed E-state index contributed by atoms with van der Waals surface area (Å²) >= 11 is 0. The highest BCUT2D eigenvalue weighted by molar-refractivity contribution is 6.07. The van der Waals surface area contributed by atoms with E-state index in [0.29, 0.717) is 12.3 Å². The molecule has 144 valence electrons. The summed E-state index contributed by atoms with van der Waals surface area (Å²) in [4.78, 5) is 23.5. The van der Waals surface area contributed by atoms with Crippen molar-refractivity contribution in [2.45, 2.75) is 33.1 Å². The fraction of sp³-hybridized carbons (Fsp3) is 0.350. The second-order valence-corrected chi connectivity index (χ2v) is 6.99. The molecule has 2 aromatic rings. The van der Waals surface area contributed by atoms with Crippen LogP contribution in [0.4, 0.5) is 11.4 Å². The summed E-state index contributed by atoms with van der Waals surface area (Å²) in [6.07, 6.45) is 0. The fourth-order valence-electron chi connectivity index (χ4n) is 2.56. The van der Waals surface area contributed by atoms with Crippen molar-refractivity contribution in [2.75, 3.05) is 19.0 Å². The predicted molar refractivity (Wildman–Crippen MR) is 104 cm³/mol. The Morgan fingerprint density at radius 3 is 2.26 bits per heavy atom. The first-order valence-electron chi connectivity index (χ1n) is 8.58. The molecule has 7 heteroatoms. The molecule has 0 unspecified atom stereocenters. The van der Waals surface area contributed by atoms with Crippen molar-refractivity contribution in [2.24, 2.45) is 0 Å². The second kappa shape index (κ2) is 8.07. The van der Waals surface area contributed by atoms with E-state index in [0.717, 1.165) is 5.56 Å². The number of rotatable bonds is 6. The summed E-state index contributed by atoms with van der Waals surface area (Å²) in [6, 6.07) is 9.92. The van der Waals surface area contributed by atoms with Crippen molar-refractivity contribution < 1.29 is 19.2 Å². The molecule has 1 amide bonds. The van der Waals surface area contributed by atoms with Gasteiger partial charge in [0.2, 0.25) is 0 Å². The molecule has 0 heterocycles. The molecule has 0 fully saturated rings. The van der Waals surface area contributed by atoms with Gasteiger partial charge in [0.25, 0.3) is 11.6 Å². The molecule has 2 aromatic carbocycles. The highest BCUT2D eigenvalue weighted by Gasteiger charge is 2.25. The molecule has 0 atom stereocenters. The zero-order valence-electron chi connectivity index (χ0n) is 16.2. The summed E-state index contributed by atoms with van der Waals surface area (Å²) in [7, 11) is 1.41. The number of methoxy groups -OCH3 is 1. The van der Waals surface area contributed by atoms with Crippen LogP contribution in [0.1, 0.15) is 43.6 Å². The van der Waals surface area contributed by atoms with Crippen LogP contribution in [-0.4, -0.2) is 24.5 Å². The maximum absolute atomic E-state index is 12.6. The number of nitrogens with one attached hydrogen (secondary N) is 1. The zero-order chi connectivity index (χ0) is 20.2. The molecule has 0 saturated heterocycles. The molecular weight excluding hydrogens is 348 g/mol. The van der Waals surface area contributed by atoms with Crippen molar-refractivity contribution in [1.82, 2.24) is 0 Å². The SMILES string of the molecule is CCOc1cc([N+](=O)[O-])c(C(=O)Nc2ccc(C(C)(C)C)cc2)cc1OC. The molecule has 0 radical (unpaired) electrons.